The van der Waals surface area contributed by atoms with Crippen LogP contribution in [0.25, 0.3) is 0 Å². The van der Waals surface area contributed by atoms with Crippen LogP contribution in [-0.2, 0) is 6.42 Å². The Morgan fingerprint density at radius 1 is 0.944 bits per heavy atom. The van der Waals surface area contributed by atoms with E-state index < -0.39 is 33.3 Å². The standard InChI is InChI=1S/C12H12BrF4N/c13-8-11(16)9(14)7(10(15)12(8)17)5-6-1-3-18-4-2-6/h6,18H,1-5H2. The maximum Gasteiger partial charge on any atom is 0.176 e. The molecular weight excluding hydrogens is 314 g/mol. The van der Waals surface area contributed by atoms with Crippen LogP contribution >= 0.6 is 15.9 Å². The molecule has 1 aliphatic heterocycles. The van der Waals surface area contributed by atoms with Crippen molar-refractivity contribution in [2.24, 2.45) is 5.92 Å². The molecule has 0 spiro atoms. The van der Waals surface area contributed by atoms with Gasteiger partial charge in [-0.05, 0) is 54.2 Å². The third-order valence-electron chi connectivity index (χ3n) is 3.25. The van der Waals surface area contributed by atoms with Crippen LogP contribution in [0.2, 0.25) is 0 Å². The topological polar surface area (TPSA) is 12.0 Å². The lowest BCUT2D eigenvalue weighted by atomic mass is 9.90. The van der Waals surface area contributed by atoms with Crippen molar-refractivity contribution in [1.29, 1.82) is 0 Å². The molecule has 2 rings (SSSR count). The fourth-order valence-corrected chi connectivity index (χ4v) is 2.55. The summed E-state index contributed by atoms with van der Waals surface area (Å²) < 4.78 is 53.2. The first-order valence-corrected chi connectivity index (χ1v) is 6.52. The molecule has 0 aliphatic carbocycles. The second-order valence-electron chi connectivity index (χ2n) is 4.45. The Balaban J connectivity index is 2.32. The van der Waals surface area contributed by atoms with Gasteiger partial charge in [0, 0.05) is 5.56 Å². The fraction of sp³-hybridized carbons (Fsp3) is 0.500. The fourth-order valence-electron chi connectivity index (χ4n) is 2.20. The Morgan fingerprint density at radius 2 is 1.44 bits per heavy atom. The highest BCUT2D eigenvalue weighted by molar-refractivity contribution is 9.10. The zero-order valence-electron chi connectivity index (χ0n) is 9.50. The summed E-state index contributed by atoms with van der Waals surface area (Å²) in [5, 5.41) is 3.12. The second kappa shape index (κ2) is 5.57. The van der Waals surface area contributed by atoms with Crippen molar-refractivity contribution in [2.75, 3.05) is 13.1 Å². The van der Waals surface area contributed by atoms with E-state index in [2.05, 4.69) is 21.2 Å². The molecule has 0 saturated carbocycles. The molecule has 0 atom stereocenters. The lowest BCUT2D eigenvalue weighted by Gasteiger charge is -2.23. The van der Waals surface area contributed by atoms with Crippen LogP contribution < -0.4 is 5.32 Å². The van der Waals surface area contributed by atoms with Gasteiger partial charge in [0.25, 0.3) is 0 Å². The molecule has 0 bridgehead atoms. The predicted octanol–water partition coefficient (Wildman–Crippen LogP) is 3.55. The van der Waals surface area contributed by atoms with E-state index in [1.165, 1.54) is 0 Å². The maximum atomic E-state index is 13.6. The van der Waals surface area contributed by atoms with E-state index in [0.717, 1.165) is 25.9 Å². The van der Waals surface area contributed by atoms with Crippen molar-refractivity contribution in [1.82, 2.24) is 5.32 Å². The Morgan fingerprint density at radius 3 is 1.94 bits per heavy atom. The molecule has 100 valence electrons. The van der Waals surface area contributed by atoms with Crippen LogP contribution in [0, 0.1) is 29.2 Å². The van der Waals surface area contributed by atoms with Gasteiger partial charge >= 0.3 is 0 Å². The Bertz CT molecular complexity index is 429. The number of hydrogen-bond acceptors (Lipinski definition) is 1. The van der Waals surface area contributed by atoms with Crippen LogP contribution in [0.3, 0.4) is 0 Å². The highest BCUT2D eigenvalue weighted by Gasteiger charge is 2.26. The van der Waals surface area contributed by atoms with Crippen LogP contribution in [0.4, 0.5) is 17.6 Å². The van der Waals surface area contributed by atoms with Crippen molar-refractivity contribution in [3.05, 3.63) is 33.3 Å². The van der Waals surface area contributed by atoms with Crippen molar-refractivity contribution in [3.63, 3.8) is 0 Å². The first-order valence-electron chi connectivity index (χ1n) is 5.73. The van der Waals surface area contributed by atoms with Crippen LogP contribution in [-0.4, -0.2) is 13.1 Å². The third kappa shape index (κ3) is 2.54. The van der Waals surface area contributed by atoms with E-state index in [9.17, 15) is 17.6 Å². The van der Waals surface area contributed by atoms with E-state index in [4.69, 9.17) is 0 Å². The van der Waals surface area contributed by atoms with Gasteiger partial charge < -0.3 is 5.32 Å². The van der Waals surface area contributed by atoms with Gasteiger partial charge in [-0.2, -0.15) is 0 Å². The second-order valence-corrected chi connectivity index (χ2v) is 5.24. The summed E-state index contributed by atoms with van der Waals surface area (Å²) in [4.78, 5) is 0. The quantitative estimate of drug-likeness (QED) is 0.498. The Hall–Kier alpha value is -0.620. The number of nitrogens with one attached hydrogen (secondary N) is 1. The first kappa shape index (κ1) is 13.8. The van der Waals surface area contributed by atoms with E-state index in [1.807, 2.05) is 0 Å². The zero-order chi connectivity index (χ0) is 13.3. The van der Waals surface area contributed by atoms with Gasteiger partial charge in [-0.15, -0.1) is 0 Å². The van der Waals surface area contributed by atoms with Crippen LogP contribution in [0.5, 0.6) is 0 Å². The van der Waals surface area contributed by atoms with Gasteiger partial charge in [0.05, 0.1) is 4.47 Å². The van der Waals surface area contributed by atoms with Gasteiger partial charge in [-0.25, -0.2) is 17.6 Å². The summed E-state index contributed by atoms with van der Waals surface area (Å²) >= 11 is 2.50. The summed E-state index contributed by atoms with van der Waals surface area (Å²) in [5.74, 6) is -5.26. The van der Waals surface area contributed by atoms with Crippen LogP contribution in [0.1, 0.15) is 18.4 Å². The van der Waals surface area contributed by atoms with E-state index in [1.54, 1.807) is 0 Å². The molecule has 1 fully saturated rings. The molecule has 0 aromatic heterocycles. The summed E-state index contributed by atoms with van der Waals surface area (Å²) in [7, 11) is 0. The zero-order valence-corrected chi connectivity index (χ0v) is 11.1. The summed E-state index contributed by atoms with van der Waals surface area (Å²) in [5.41, 5.74) is -0.486. The normalized spacial score (nSPS) is 17.2. The molecule has 1 aliphatic rings. The van der Waals surface area contributed by atoms with Crippen LogP contribution in [0.15, 0.2) is 4.47 Å². The number of hydrogen-bond donors (Lipinski definition) is 1. The van der Waals surface area contributed by atoms with Gasteiger partial charge in [0.1, 0.15) is 0 Å². The van der Waals surface area contributed by atoms with E-state index >= 15 is 0 Å². The molecule has 0 unspecified atom stereocenters. The predicted molar refractivity (Wildman–Crippen MR) is 63.3 cm³/mol. The van der Waals surface area contributed by atoms with Gasteiger partial charge in [0.2, 0.25) is 0 Å². The molecule has 1 saturated heterocycles. The third-order valence-corrected chi connectivity index (χ3v) is 3.95. The van der Waals surface area contributed by atoms with Crippen molar-refractivity contribution in [3.8, 4) is 0 Å². The minimum atomic E-state index is -1.36. The number of halogens is 5. The first-order chi connectivity index (χ1) is 8.52. The highest BCUT2D eigenvalue weighted by Crippen LogP contribution is 2.30. The summed E-state index contributed by atoms with van der Waals surface area (Å²) in [6.07, 6.45) is 1.52. The summed E-state index contributed by atoms with van der Waals surface area (Å²) in [6.45, 7) is 1.52. The van der Waals surface area contributed by atoms with E-state index in [-0.39, 0.29) is 12.3 Å². The van der Waals surface area contributed by atoms with Crippen molar-refractivity contribution in [2.45, 2.75) is 19.3 Å². The molecule has 1 nitrogen and oxygen atoms in total. The smallest absolute Gasteiger partial charge is 0.176 e. The lowest BCUT2D eigenvalue weighted by molar-refractivity contribution is 0.353. The SMILES string of the molecule is Fc1c(F)c(CC2CCNCC2)c(F)c(F)c1Br. The summed E-state index contributed by atoms with van der Waals surface area (Å²) in [6, 6.07) is 0. The van der Waals surface area contributed by atoms with Gasteiger partial charge in [-0.3, -0.25) is 0 Å². The van der Waals surface area contributed by atoms with Gasteiger partial charge in [-0.1, -0.05) is 0 Å². The van der Waals surface area contributed by atoms with Gasteiger partial charge in [0.15, 0.2) is 23.3 Å². The molecule has 0 radical (unpaired) electrons. The largest absolute Gasteiger partial charge is 0.317 e. The average molecular weight is 326 g/mol. The minimum Gasteiger partial charge on any atom is -0.317 e. The van der Waals surface area contributed by atoms with E-state index in [0.29, 0.717) is 0 Å². The molecule has 1 aromatic carbocycles. The molecule has 0 amide bonds. The average Bonchev–Trinajstić information content (AvgIpc) is 2.40. The number of piperidine rings is 1. The van der Waals surface area contributed by atoms with Crippen molar-refractivity contribution < 1.29 is 17.6 Å². The minimum absolute atomic E-state index is 0.0282. The number of benzene rings is 1. The van der Waals surface area contributed by atoms with Crippen molar-refractivity contribution >= 4 is 15.9 Å². The highest BCUT2D eigenvalue weighted by atomic mass is 79.9. The molecule has 18 heavy (non-hydrogen) atoms. The Labute approximate surface area is 111 Å². The Kier molecular flexibility index (Phi) is 4.27. The molecule has 1 N–H and O–H groups in total. The monoisotopic (exact) mass is 325 g/mol. The maximum absolute atomic E-state index is 13.6. The lowest BCUT2D eigenvalue weighted by Crippen LogP contribution is -2.29. The molecule has 1 heterocycles. The molecule has 6 heteroatoms. The molecule has 1 aromatic rings. The molecular formula is C12H12BrF4N. The number of rotatable bonds is 2.